The van der Waals surface area contributed by atoms with Crippen LogP contribution in [0.1, 0.15) is 20.9 Å². The number of aryl methyl sites for hydroxylation is 1. The quantitative estimate of drug-likeness (QED) is 0.666. The zero-order valence-electron chi connectivity index (χ0n) is 14.8. The number of likely N-dealkylation sites (N-methyl/N-ethyl adjacent to an activating group) is 1. The number of nitrogens with one attached hydrogen (secondary N) is 1. The number of carbonyl (C=O) groups excluding carboxylic acids is 1. The number of fused-ring (bicyclic) bond motifs is 1. The van der Waals surface area contributed by atoms with Gasteiger partial charge in [-0.1, -0.05) is 29.3 Å². The number of hydrogen-bond acceptors (Lipinski definition) is 4. The Balaban J connectivity index is 1.84. The van der Waals surface area contributed by atoms with Crippen LogP contribution in [0, 0.1) is 6.92 Å². The minimum absolute atomic E-state index is 0.0523. The average Bonchev–Trinajstić information content (AvgIpc) is 3.11. The van der Waals surface area contributed by atoms with Crippen molar-refractivity contribution in [3.8, 4) is 0 Å². The second-order valence-corrected chi connectivity index (χ2v) is 8.24. The molecular weight excluding hydrogens is 391 g/mol. The molecule has 1 aromatic carbocycles. The van der Waals surface area contributed by atoms with Crippen LogP contribution in [0.3, 0.4) is 0 Å². The van der Waals surface area contributed by atoms with Gasteiger partial charge >= 0.3 is 0 Å². The summed E-state index contributed by atoms with van der Waals surface area (Å²) in [6.07, 6.45) is 0. The number of carbonyl (C=O) groups is 1. The van der Waals surface area contributed by atoms with Crippen LogP contribution in [-0.2, 0) is 6.54 Å². The van der Waals surface area contributed by atoms with Gasteiger partial charge in [0.15, 0.2) is 0 Å². The summed E-state index contributed by atoms with van der Waals surface area (Å²) in [6.45, 7) is 3.90. The maximum Gasteiger partial charge on any atom is 0.261 e. The molecule has 3 aromatic rings. The highest BCUT2D eigenvalue weighted by Crippen LogP contribution is 2.30. The van der Waals surface area contributed by atoms with Crippen LogP contribution >= 0.6 is 34.5 Å². The molecule has 0 fully saturated rings. The molecule has 0 aliphatic rings. The summed E-state index contributed by atoms with van der Waals surface area (Å²) in [4.78, 5) is 16.1. The number of benzene rings is 1. The second kappa shape index (κ2) is 7.96. The first-order valence-electron chi connectivity index (χ1n) is 8.19. The van der Waals surface area contributed by atoms with Gasteiger partial charge in [-0.05, 0) is 44.8 Å². The molecular formula is C18H20Cl2N4OS. The molecule has 0 spiro atoms. The zero-order chi connectivity index (χ0) is 18.8. The predicted octanol–water partition coefficient (Wildman–Crippen LogP) is 4.05. The van der Waals surface area contributed by atoms with Gasteiger partial charge in [-0.25, -0.2) is 0 Å². The van der Waals surface area contributed by atoms with Crippen LogP contribution in [0.2, 0.25) is 10.0 Å². The summed E-state index contributed by atoms with van der Waals surface area (Å²) in [6, 6.07) is 7.35. The van der Waals surface area contributed by atoms with E-state index in [9.17, 15) is 4.79 Å². The fourth-order valence-corrected chi connectivity index (χ4v) is 4.17. The van der Waals surface area contributed by atoms with Gasteiger partial charge in [-0.3, -0.25) is 9.48 Å². The minimum atomic E-state index is -0.0523. The molecule has 0 radical (unpaired) electrons. The molecule has 0 saturated heterocycles. The minimum Gasteiger partial charge on any atom is -0.350 e. The van der Waals surface area contributed by atoms with Gasteiger partial charge in [0.05, 0.1) is 17.1 Å². The lowest BCUT2D eigenvalue weighted by atomic mass is 10.2. The predicted molar refractivity (Wildman–Crippen MR) is 109 cm³/mol. The Hall–Kier alpha value is -1.60. The Bertz CT molecular complexity index is 948. The van der Waals surface area contributed by atoms with Crippen molar-refractivity contribution >= 4 is 50.7 Å². The smallest absolute Gasteiger partial charge is 0.261 e. The molecule has 0 aliphatic carbocycles. The standard InChI is InChI=1S/C18H20Cl2N4OS/c1-11-14-9-16(17(25)21-6-7-23(2)3)26-18(14)24(22-11)10-12-4-5-13(19)8-15(12)20/h4-5,8-9H,6-7,10H2,1-3H3,(H,21,25). The van der Waals surface area contributed by atoms with Gasteiger partial charge in [0.2, 0.25) is 0 Å². The number of amides is 1. The third kappa shape index (κ3) is 4.20. The molecule has 0 saturated carbocycles. The fraction of sp³-hybridized carbons (Fsp3) is 0.333. The van der Waals surface area contributed by atoms with Crippen molar-refractivity contribution < 1.29 is 4.79 Å². The molecule has 0 unspecified atom stereocenters. The molecule has 0 bridgehead atoms. The lowest BCUT2D eigenvalue weighted by Crippen LogP contribution is -2.30. The number of nitrogens with zero attached hydrogens (tertiary/aromatic N) is 3. The number of hydrogen-bond donors (Lipinski definition) is 1. The van der Waals surface area contributed by atoms with Crippen LogP contribution in [0.25, 0.3) is 10.2 Å². The maximum absolute atomic E-state index is 12.4. The summed E-state index contributed by atoms with van der Waals surface area (Å²) in [5, 5.41) is 9.75. The molecule has 8 heteroatoms. The first kappa shape index (κ1) is 19.2. The third-order valence-corrected chi connectivity index (χ3v) is 5.75. The molecule has 5 nitrogen and oxygen atoms in total. The van der Waals surface area contributed by atoms with Crippen molar-refractivity contribution in [1.29, 1.82) is 0 Å². The number of halogens is 2. The molecule has 0 aliphatic heterocycles. The molecule has 2 aromatic heterocycles. The largest absolute Gasteiger partial charge is 0.350 e. The molecule has 1 N–H and O–H groups in total. The van der Waals surface area contributed by atoms with Crippen molar-refractivity contribution in [2.45, 2.75) is 13.5 Å². The van der Waals surface area contributed by atoms with E-state index in [1.165, 1.54) is 11.3 Å². The van der Waals surface area contributed by atoms with Gasteiger partial charge in [-0.2, -0.15) is 5.10 Å². The topological polar surface area (TPSA) is 50.2 Å². The molecule has 0 atom stereocenters. The molecule has 3 rings (SSSR count). The van der Waals surface area contributed by atoms with Gasteiger partial charge in [0.1, 0.15) is 4.83 Å². The van der Waals surface area contributed by atoms with E-state index in [-0.39, 0.29) is 5.91 Å². The van der Waals surface area contributed by atoms with Crippen LogP contribution in [0.5, 0.6) is 0 Å². The Kier molecular flexibility index (Phi) is 5.87. The van der Waals surface area contributed by atoms with Crippen molar-refractivity contribution in [1.82, 2.24) is 20.0 Å². The van der Waals surface area contributed by atoms with Gasteiger partial charge in [0.25, 0.3) is 5.91 Å². The summed E-state index contributed by atoms with van der Waals surface area (Å²) >= 11 is 13.7. The van der Waals surface area contributed by atoms with Crippen LogP contribution < -0.4 is 5.32 Å². The molecule has 1 amide bonds. The van der Waals surface area contributed by atoms with Crippen molar-refractivity contribution in [3.05, 3.63) is 50.4 Å². The van der Waals surface area contributed by atoms with Gasteiger partial charge in [-0.15, -0.1) is 11.3 Å². The lowest BCUT2D eigenvalue weighted by Gasteiger charge is -2.09. The summed E-state index contributed by atoms with van der Waals surface area (Å²) in [5.41, 5.74) is 1.83. The fourth-order valence-electron chi connectivity index (χ4n) is 2.62. The summed E-state index contributed by atoms with van der Waals surface area (Å²) < 4.78 is 1.89. The highest BCUT2D eigenvalue weighted by atomic mass is 35.5. The van der Waals surface area contributed by atoms with Crippen molar-refractivity contribution in [2.24, 2.45) is 0 Å². The number of thiophene rings is 1. The highest BCUT2D eigenvalue weighted by molar-refractivity contribution is 7.20. The monoisotopic (exact) mass is 410 g/mol. The van der Waals surface area contributed by atoms with E-state index in [0.717, 1.165) is 28.0 Å². The first-order chi connectivity index (χ1) is 12.3. The van der Waals surface area contributed by atoms with Gasteiger partial charge in [0, 0.05) is 28.5 Å². The Morgan fingerprint density at radius 3 is 2.77 bits per heavy atom. The number of aromatic nitrogens is 2. The highest BCUT2D eigenvalue weighted by Gasteiger charge is 2.17. The molecule has 26 heavy (non-hydrogen) atoms. The number of rotatable bonds is 6. The van der Waals surface area contributed by atoms with Crippen LogP contribution in [0.4, 0.5) is 0 Å². The SMILES string of the molecule is Cc1nn(Cc2ccc(Cl)cc2Cl)c2sc(C(=O)NCCN(C)C)cc12. The third-order valence-electron chi connectivity index (χ3n) is 4.01. The lowest BCUT2D eigenvalue weighted by molar-refractivity contribution is 0.0955. The van der Waals surface area contributed by atoms with E-state index in [1.54, 1.807) is 6.07 Å². The Labute approximate surface area is 166 Å². The van der Waals surface area contributed by atoms with Crippen molar-refractivity contribution in [2.75, 3.05) is 27.2 Å². The van der Waals surface area contributed by atoms with Crippen LogP contribution in [-0.4, -0.2) is 47.8 Å². The zero-order valence-corrected chi connectivity index (χ0v) is 17.2. The second-order valence-electron chi connectivity index (χ2n) is 6.37. The van der Waals surface area contributed by atoms with E-state index in [4.69, 9.17) is 23.2 Å². The Morgan fingerprint density at radius 2 is 2.08 bits per heavy atom. The summed E-state index contributed by atoms with van der Waals surface area (Å²) in [5.74, 6) is -0.0523. The molecule has 138 valence electrons. The first-order valence-corrected chi connectivity index (χ1v) is 9.76. The van der Waals surface area contributed by atoms with E-state index >= 15 is 0 Å². The van der Waals surface area contributed by atoms with E-state index in [1.807, 2.05) is 48.8 Å². The van der Waals surface area contributed by atoms with E-state index < -0.39 is 0 Å². The maximum atomic E-state index is 12.4. The molecule has 2 heterocycles. The normalized spacial score (nSPS) is 11.5. The summed E-state index contributed by atoms with van der Waals surface area (Å²) in [7, 11) is 3.96. The Morgan fingerprint density at radius 1 is 1.31 bits per heavy atom. The van der Waals surface area contributed by atoms with Crippen molar-refractivity contribution in [3.63, 3.8) is 0 Å². The van der Waals surface area contributed by atoms with Crippen LogP contribution in [0.15, 0.2) is 24.3 Å². The van der Waals surface area contributed by atoms with E-state index in [2.05, 4.69) is 10.4 Å². The van der Waals surface area contributed by atoms with Gasteiger partial charge < -0.3 is 10.2 Å². The average molecular weight is 411 g/mol. The van der Waals surface area contributed by atoms with E-state index in [0.29, 0.717) is 28.0 Å².